The van der Waals surface area contributed by atoms with Crippen LogP contribution in [0.15, 0.2) is 77.9 Å². The molecule has 0 amide bonds. The molecule has 0 fully saturated rings. The Balaban J connectivity index is 0.000000191. The number of aromatic nitrogens is 2. The first-order chi connectivity index (χ1) is 16.5. The van der Waals surface area contributed by atoms with Gasteiger partial charge in [-0.2, -0.15) is 10.5 Å². The standard InChI is InChI=1S/C13H9ClN2O.C13H10N2O2/c1-17-10-4-2-9(3-5-10)11-6-7-16-13(14)12(11)8-15;1-17-10-4-2-9(3-5-10)11-6-7-15-13(16)12(11)8-14/h2-7H,1H3;2-7H,1H3,(H,15,16). The van der Waals surface area contributed by atoms with Crippen LogP contribution in [0.25, 0.3) is 22.3 Å². The molecule has 4 rings (SSSR count). The van der Waals surface area contributed by atoms with Crippen molar-refractivity contribution in [1.29, 1.82) is 10.5 Å². The highest BCUT2D eigenvalue weighted by atomic mass is 35.5. The molecule has 2 aromatic heterocycles. The van der Waals surface area contributed by atoms with Crippen molar-refractivity contribution in [2.24, 2.45) is 0 Å². The summed E-state index contributed by atoms with van der Waals surface area (Å²) in [6, 6.07) is 22.1. The number of benzene rings is 2. The van der Waals surface area contributed by atoms with Crippen LogP contribution in [-0.4, -0.2) is 24.2 Å². The Morgan fingerprint density at radius 3 is 1.76 bits per heavy atom. The van der Waals surface area contributed by atoms with Gasteiger partial charge in [0.05, 0.1) is 19.8 Å². The number of methoxy groups -OCH3 is 2. The van der Waals surface area contributed by atoms with Crippen LogP contribution in [-0.2, 0) is 0 Å². The average Bonchev–Trinajstić information content (AvgIpc) is 2.89. The van der Waals surface area contributed by atoms with Crippen molar-refractivity contribution in [1.82, 2.24) is 9.97 Å². The minimum atomic E-state index is -0.374. The van der Waals surface area contributed by atoms with E-state index < -0.39 is 0 Å². The molecule has 0 unspecified atom stereocenters. The number of ether oxygens (including phenoxy) is 2. The molecule has 168 valence electrons. The van der Waals surface area contributed by atoms with Crippen molar-refractivity contribution in [3.63, 3.8) is 0 Å². The topological polar surface area (TPSA) is 112 Å². The predicted octanol–water partition coefficient (Wildman–Crippen LogP) is 5.20. The number of hydrogen-bond donors (Lipinski definition) is 1. The first-order valence-electron chi connectivity index (χ1n) is 9.97. The quantitative estimate of drug-likeness (QED) is 0.410. The maximum Gasteiger partial charge on any atom is 0.266 e. The molecule has 4 aromatic rings. The van der Waals surface area contributed by atoms with E-state index in [1.54, 1.807) is 44.7 Å². The van der Waals surface area contributed by atoms with Gasteiger partial charge in [0.2, 0.25) is 0 Å². The summed E-state index contributed by atoms with van der Waals surface area (Å²) in [5.74, 6) is 1.50. The molecule has 0 aliphatic heterocycles. The SMILES string of the molecule is COc1ccc(-c2cc[nH]c(=O)c2C#N)cc1.COc1ccc(-c2ccnc(Cl)c2C#N)cc1. The minimum Gasteiger partial charge on any atom is -0.497 e. The maximum absolute atomic E-state index is 11.5. The molecular weight excluding hydrogens is 452 g/mol. The van der Waals surface area contributed by atoms with Gasteiger partial charge in [-0.05, 0) is 47.5 Å². The summed E-state index contributed by atoms with van der Waals surface area (Å²) < 4.78 is 10.1. The van der Waals surface area contributed by atoms with E-state index in [9.17, 15) is 4.79 Å². The third kappa shape index (κ3) is 5.42. The lowest BCUT2D eigenvalue weighted by atomic mass is 10.0. The van der Waals surface area contributed by atoms with Crippen molar-refractivity contribution >= 4 is 11.6 Å². The Hall–Kier alpha value is -4.59. The highest BCUT2D eigenvalue weighted by Crippen LogP contribution is 2.28. The molecule has 0 aliphatic rings. The van der Waals surface area contributed by atoms with Gasteiger partial charge < -0.3 is 14.5 Å². The fourth-order valence-electron chi connectivity index (χ4n) is 3.15. The van der Waals surface area contributed by atoms with Gasteiger partial charge >= 0.3 is 0 Å². The van der Waals surface area contributed by atoms with Crippen molar-refractivity contribution in [2.75, 3.05) is 14.2 Å². The van der Waals surface area contributed by atoms with Crippen LogP contribution in [0.4, 0.5) is 0 Å². The van der Waals surface area contributed by atoms with Gasteiger partial charge in [0.15, 0.2) is 0 Å². The third-order valence-electron chi connectivity index (χ3n) is 4.89. The summed E-state index contributed by atoms with van der Waals surface area (Å²) in [6.45, 7) is 0. The summed E-state index contributed by atoms with van der Waals surface area (Å²) in [6.07, 6.45) is 3.12. The number of rotatable bonds is 4. The summed E-state index contributed by atoms with van der Waals surface area (Å²) >= 11 is 5.88. The molecule has 0 aliphatic carbocycles. The van der Waals surface area contributed by atoms with E-state index in [4.69, 9.17) is 31.6 Å². The normalized spacial score (nSPS) is 9.68. The van der Waals surface area contributed by atoms with Gasteiger partial charge in [0, 0.05) is 23.5 Å². The molecule has 0 bridgehead atoms. The molecule has 34 heavy (non-hydrogen) atoms. The first kappa shape index (κ1) is 24.1. The van der Waals surface area contributed by atoms with E-state index in [0.717, 1.165) is 28.2 Å². The van der Waals surface area contributed by atoms with Crippen LogP contribution in [0.3, 0.4) is 0 Å². The second-order valence-corrected chi connectivity index (χ2v) is 7.16. The van der Waals surface area contributed by atoms with Crippen LogP contribution in [0.1, 0.15) is 11.1 Å². The smallest absolute Gasteiger partial charge is 0.266 e. The molecule has 0 saturated carbocycles. The molecule has 0 saturated heterocycles. The Bertz CT molecular complexity index is 1420. The first-order valence-corrected chi connectivity index (χ1v) is 10.4. The fraction of sp³-hybridized carbons (Fsp3) is 0.0769. The maximum atomic E-state index is 11.5. The van der Waals surface area contributed by atoms with Crippen molar-refractivity contribution in [3.05, 3.63) is 99.7 Å². The van der Waals surface area contributed by atoms with Crippen molar-refractivity contribution in [2.45, 2.75) is 0 Å². The number of nitrogens with zero attached hydrogens (tertiary/aromatic N) is 3. The van der Waals surface area contributed by atoms with Gasteiger partial charge in [-0.1, -0.05) is 35.9 Å². The minimum absolute atomic E-state index is 0.123. The van der Waals surface area contributed by atoms with Crippen LogP contribution in [0.2, 0.25) is 5.15 Å². The van der Waals surface area contributed by atoms with E-state index in [1.807, 2.05) is 42.5 Å². The van der Waals surface area contributed by atoms with Gasteiger partial charge in [0.1, 0.15) is 34.4 Å². The lowest BCUT2D eigenvalue weighted by molar-refractivity contribution is 0.415. The molecule has 0 radical (unpaired) electrons. The largest absolute Gasteiger partial charge is 0.497 e. The monoisotopic (exact) mass is 470 g/mol. The van der Waals surface area contributed by atoms with Gasteiger partial charge in [-0.3, -0.25) is 4.79 Å². The van der Waals surface area contributed by atoms with E-state index in [-0.39, 0.29) is 16.3 Å². The number of hydrogen-bond acceptors (Lipinski definition) is 6. The Labute approximate surface area is 201 Å². The number of pyridine rings is 2. The number of aromatic amines is 1. The second-order valence-electron chi connectivity index (χ2n) is 6.80. The Morgan fingerprint density at radius 1 is 0.794 bits per heavy atom. The van der Waals surface area contributed by atoms with Crippen LogP contribution < -0.4 is 15.0 Å². The van der Waals surface area contributed by atoms with E-state index in [2.05, 4.69) is 16.0 Å². The summed E-state index contributed by atoms with van der Waals surface area (Å²) in [5.41, 5.74) is 3.26. The molecule has 2 aromatic carbocycles. The zero-order valence-electron chi connectivity index (χ0n) is 18.4. The van der Waals surface area contributed by atoms with E-state index in [0.29, 0.717) is 11.1 Å². The Kier molecular flexibility index (Phi) is 8.02. The Morgan fingerprint density at radius 2 is 1.29 bits per heavy atom. The highest BCUT2D eigenvalue weighted by molar-refractivity contribution is 6.31. The molecule has 0 spiro atoms. The molecule has 8 heteroatoms. The van der Waals surface area contributed by atoms with E-state index >= 15 is 0 Å². The lowest BCUT2D eigenvalue weighted by Crippen LogP contribution is -2.10. The van der Waals surface area contributed by atoms with Gasteiger partial charge in [-0.15, -0.1) is 0 Å². The van der Waals surface area contributed by atoms with Gasteiger partial charge in [0.25, 0.3) is 5.56 Å². The zero-order valence-corrected chi connectivity index (χ0v) is 19.1. The second kappa shape index (κ2) is 11.3. The molecular formula is C26H19ClN4O3. The average molecular weight is 471 g/mol. The van der Waals surface area contributed by atoms with Crippen molar-refractivity contribution < 1.29 is 9.47 Å². The molecule has 7 nitrogen and oxygen atoms in total. The van der Waals surface area contributed by atoms with Crippen LogP contribution in [0, 0.1) is 22.7 Å². The summed E-state index contributed by atoms with van der Waals surface area (Å²) in [4.78, 5) is 17.8. The van der Waals surface area contributed by atoms with Crippen LogP contribution >= 0.6 is 11.6 Å². The summed E-state index contributed by atoms with van der Waals surface area (Å²) in [7, 11) is 3.20. The van der Waals surface area contributed by atoms with Crippen molar-refractivity contribution in [3.8, 4) is 45.9 Å². The molecule has 1 N–H and O–H groups in total. The lowest BCUT2D eigenvalue weighted by Gasteiger charge is -2.06. The predicted molar refractivity (Wildman–Crippen MR) is 130 cm³/mol. The third-order valence-corrected chi connectivity index (χ3v) is 5.18. The van der Waals surface area contributed by atoms with E-state index in [1.165, 1.54) is 6.20 Å². The number of H-pyrrole nitrogens is 1. The molecule has 0 atom stereocenters. The fourth-order valence-corrected chi connectivity index (χ4v) is 3.35. The highest BCUT2D eigenvalue weighted by Gasteiger charge is 2.10. The number of nitriles is 2. The number of halogens is 1. The molecule has 2 heterocycles. The zero-order chi connectivity index (χ0) is 24.5. The van der Waals surface area contributed by atoms with Gasteiger partial charge in [-0.25, -0.2) is 4.98 Å². The summed E-state index contributed by atoms with van der Waals surface area (Å²) in [5, 5.41) is 18.3. The number of nitrogens with one attached hydrogen (secondary N) is 1. The van der Waals surface area contributed by atoms with Crippen LogP contribution in [0.5, 0.6) is 11.5 Å².